The minimum absolute atomic E-state index is 0.0799. The van der Waals surface area contributed by atoms with Gasteiger partial charge >= 0.3 is 0 Å². The molecule has 2 bridgehead atoms. The highest BCUT2D eigenvalue weighted by Crippen LogP contribution is 2.43. The summed E-state index contributed by atoms with van der Waals surface area (Å²) >= 11 is 1.90. The van der Waals surface area contributed by atoms with Crippen molar-refractivity contribution < 1.29 is 4.74 Å². The number of pyridine rings is 1. The Balaban J connectivity index is 1.29. The van der Waals surface area contributed by atoms with Gasteiger partial charge in [-0.3, -0.25) is 9.36 Å². The van der Waals surface area contributed by atoms with Gasteiger partial charge in [0.1, 0.15) is 12.4 Å². The van der Waals surface area contributed by atoms with Crippen LogP contribution in [0.4, 0.5) is 0 Å². The van der Waals surface area contributed by atoms with Crippen molar-refractivity contribution in [3.8, 4) is 11.4 Å². The van der Waals surface area contributed by atoms with Crippen LogP contribution in [0.5, 0.6) is 5.75 Å². The predicted molar refractivity (Wildman–Crippen MR) is 125 cm³/mol. The average Bonchev–Trinajstić information content (AvgIpc) is 3.16. The lowest BCUT2D eigenvalue weighted by Crippen LogP contribution is -2.41. The molecule has 5 heteroatoms. The quantitative estimate of drug-likeness (QED) is 0.475. The molecule has 156 valence electrons. The van der Waals surface area contributed by atoms with E-state index >= 15 is 0 Å². The highest BCUT2D eigenvalue weighted by molar-refractivity contribution is 7.19. The lowest BCUT2D eigenvalue weighted by Gasteiger charge is -2.36. The Hall–Kier alpha value is -2.89. The number of aromatic nitrogens is 1. The highest BCUT2D eigenvalue weighted by Gasteiger charge is 2.32. The molecule has 4 aromatic rings. The number of hydrogen-bond acceptors (Lipinski definition) is 4. The molecule has 2 aliphatic heterocycles. The molecule has 31 heavy (non-hydrogen) atoms. The van der Waals surface area contributed by atoms with E-state index in [4.69, 9.17) is 4.74 Å². The fourth-order valence-electron chi connectivity index (χ4n) is 4.98. The van der Waals surface area contributed by atoms with Crippen molar-refractivity contribution in [2.45, 2.75) is 44.4 Å². The van der Waals surface area contributed by atoms with Gasteiger partial charge in [-0.05, 0) is 60.4 Å². The van der Waals surface area contributed by atoms with Gasteiger partial charge in [0, 0.05) is 33.9 Å². The zero-order valence-corrected chi connectivity index (χ0v) is 18.0. The molecule has 2 aromatic carbocycles. The van der Waals surface area contributed by atoms with Gasteiger partial charge in [0.25, 0.3) is 5.56 Å². The van der Waals surface area contributed by atoms with E-state index in [0.717, 1.165) is 17.7 Å². The monoisotopic (exact) mass is 428 g/mol. The first kappa shape index (κ1) is 18.8. The summed E-state index contributed by atoms with van der Waals surface area (Å²) in [4.78, 5) is 14.3. The third kappa shape index (κ3) is 3.48. The van der Waals surface area contributed by atoms with Gasteiger partial charge in [0.15, 0.2) is 0 Å². The molecule has 4 heterocycles. The van der Waals surface area contributed by atoms with E-state index in [-0.39, 0.29) is 5.56 Å². The largest absolute Gasteiger partial charge is 0.489 e. The second kappa shape index (κ2) is 7.66. The second-order valence-corrected chi connectivity index (χ2v) is 9.65. The predicted octanol–water partition coefficient (Wildman–Crippen LogP) is 5.37. The Morgan fingerprint density at radius 1 is 1.06 bits per heavy atom. The van der Waals surface area contributed by atoms with Gasteiger partial charge in [-0.2, -0.15) is 0 Å². The van der Waals surface area contributed by atoms with Crippen LogP contribution in [-0.4, -0.2) is 10.6 Å². The van der Waals surface area contributed by atoms with Gasteiger partial charge < -0.3 is 10.1 Å². The van der Waals surface area contributed by atoms with Crippen LogP contribution in [0.3, 0.4) is 0 Å². The van der Waals surface area contributed by atoms with Crippen molar-refractivity contribution >= 4 is 21.4 Å². The Kier molecular flexibility index (Phi) is 4.66. The fourth-order valence-corrected chi connectivity index (χ4v) is 6.36. The minimum Gasteiger partial charge on any atom is -0.489 e. The van der Waals surface area contributed by atoms with E-state index in [1.807, 2.05) is 53.9 Å². The van der Waals surface area contributed by atoms with Crippen LogP contribution >= 0.6 is 11.3 Å². The molecule has 6 rings (SSSR count). The number of nitrogens with one attached hydrogen (secondary N) is 1. The molecule has 2 aliphatic rings. The maximum atomic E-state index is 12.8. The molecule has 4 nitrogen and oxygen atoms in total. The molecule has 0 radical (unpaired) electrons. The maximum absolute atomic E-state index is 12.8. The first-order valence-corrected chi connectivity index (χ1v) is 11.8. The molecule has 2 aromatic heterocycles. The zero-order chi connectivity index (χ0) is 20.8. The van der Waals surface area contributed by atoms with E-state index < -0.39 is 0 Å². The Bertz CT molecular complexity index is 1310. The summed E-state index contributed by atoms with van der Waals surface area (Å²) in [7, 11) is 0. The summed E-state index contributed by atoms with van der Waals surface area (Å²) in [6.45, 7) is 0.452. The van der Waals surface area contributed by atoms with E-state index in [1.165, 1.54) is 39.8 Å². The zero-order valence-electron chi connectivity index (χ0n) is 17.2. The minimum atomic E-state index is -0.0799. The third-order valence-corrected chi connectivity index (χ3v) is 7.66. The summed E-state index contributed by atoms with van der Waals surface area (Å²) in [6, 6.07) is 21.0. The number of piperidine rings is 1. The molecule has 1 saturated heterocycles. The van der Waals surface area contributed by atoms with Gasteiger partial charge in [0.05, 0.1) is 5.69 Å². The van der Waals surface area contributed by atoms with Crippen LogP contribution in [0.1, 0.15) is 41.3 Å². The number of benzene rings is 2. The summed E-state index contributed by atoms with van der Waals surface area (Å²) in [6.07, 6.45) is 6.76. The Morgan fingerprint density at radius 2 is 1.97 bits per heavy atom. The van der Waals surface area contributed by atoms with E-state index in [1.54, 1.807) is 10.6 Å². The molecule has 1 fully saturated rings. The molecular weight excluding hydrogens is 404 g/mol. The van der Waals surface area contributed by atoms with Crippen LogP contribution in [0.2, 0.25) is 0 Å². The van der Waals surface area contributed by atoms with Crippen molar-refractivity contribution in [3.63, 3.8) is 0 Å². The second-order valence-electron chi connectivity index (χ2n) is 8.52. The molecular formula is C26H24N2O2S. The molecule has 2 atom stereocenters. The number of fused-ring (bicyclic) bond motifs is 6. The number of nitrogens with zero attached hydrogens (tertiary/aromatic N) is 1. The van der Waals surface area contributed by atoms with Crippen molar-refractivity contribution in [1.82, 2.24) is 9.88 Å². The number of ether oxygens (including phenoxy) is 1. The van der Waals surface area contributed by atoms with Crippen molar-refractivity contribution in [3.05, 3.63) is 93.2 Å². The SMILES string of the molecule is O=c1cc(OCc2ccccc2)ccn1-c1ccc2c3c(sc2c1)CC1CCCC3N1. The molecule has 0 saturated carbocycles. The maximum Gasteiger partial charge on any atom is 0.258 e. The Labute approximate surface area is 185 Å². The standard InChI is InChI=1S/C26H24N2O2S/c29-25-15-20(30-16-17-5-2-1-3-6-17)11-12-28(25)19-9-10-21-23(14-19)31-24-13-18-7-4-8-22(27-18)26(21)24/h1-3,5-6,9-12,14-15,18,22,27H,4,7-8,13,16H2. The smallest absolute Gasteiger partial charge is 0.258 e. The summed E-state index contributed by atoms with van der Waals surface area (Å²) in [5, 5.41) is 5.16. The van der Waals surface area contributed by atoms with Gasteiger partial charge in [-0.25, -0.2) is 0 Å². The first-order chi connectivity index (χ1) is 15.2. The van der Waals surface area contributed by atoms with E-state index in [0.29, 0.717) is 24.4 Å². The molecule has 2 unspecified atom stereocenters. The van der Waals surface area contributed by atoms with Crippen LogP contribution in [0.15, 0.2) is 71.7 Å². The molecule has 0 amide bonds. The summed E-state index contributed by atoms with van der Waals surface area (Å²) in [5.41, 5.74) is 3.41. The van der Waals surface area contributed by atoms with Gasteiger partial charge in [-0.1, -0.05) is 36.4 Å². The number of rotatable bonds is 4. The summed E-state index contributed by atoms with van der Waals surface area (Å²) in [5.74, 6) is 0.594. The number of thiophene rings is 1. The van der Waals surface area contributed by atoms with Crippen LogP contribution in [0.25, 0.3) is 15.8 Å². The average molecular weight is 429 g/mol. The third-order valence-electron chi connectivity index (χ3n) is 6.47. The van der Waals surface area contributed by atoms with Gasteiger partial charge in [-0.15, -0.1) is 11.3 Å². The molecule has 0 aliphatic carbocycles. The topological polar surface area (TPSA) is 43.3 Å². The van der Waals surface area contributed by atoms with Crippen LogP contribution in [0, 0.1) is 0 Å². The van der Waals surface area contributed by atoms with Crippen LogP contribution in [-0.2, 0) is 13.0 Å². The molecule has 1 N–H and O–H groups in total. The van der Waals surface area contributed by atoms with E-state index in [9.17, 15) is 4.79 Å². The fraction of sp³-hybridized carbons (Fsp3) is 0.269. The normalized spacial score (nSPS) is 19.9. The van der Waals surface area contributed by atoms with Crippen molar-refractivity contribution in [2.75, 3.05) is 0 Å². The van der Waals surface area contributed by atoms with Crippen LogP contribution < -0.4 is 15.6 Å². The number of hydrogen-bond donors (Lipinski definition) is 1. The summed E-state index contributed by atoms with van der Waals surface area (Å²) < 4.78 is 8.78. The lowest BCUT2D eigenvalue weighted by atomic mass is 9.85. The van der Waals surface area contributed by atoms with Crippen molar-refractivity contribution in [2.24, 2.45) is 0 Å². The highest BCUT2D eigenvalue weighted by atomic mass is 32.1. The van der Waals surface area contributed by atoms with Crippen molar-refractivity contribution in [1.29, 1.82) is 0 Å². The Morgan fingerprint density at radius 3 is 2.84 bits per heavy atom. The van der Waals surface area contributed by atoms with Gasteiger partial charge in [0.2, 0.25) is 0 Å². The van der Waals surface area contributed by atoms with E-state index in [2.05, 4.69) is 23.5 Å². The lowest BCUT2D eigenvalue weighted by molar-refractivity contribution is 0.305. The first-order valence-electron chi connectivity index (χ1n) is 11.0. The molecule has 0 spiro atoms.